The minimum atomic E-state index is -0.680. The Balaban J connectivity index is 1.34. The van der Waals surface area contributed by atoms with Crippen LogP contribution in [0.1, 0.15) is 30.0 Å². The molecule has 6 nitrogen and oxygen atoms in total. The predicted octanol–water partition coefficient (Wildman–Crippen LogP) is 5.01. The second kappa shape index (κ2) is 9.71. The highest BCUT2D eigenvalue weighted by Gasteiger charge is 2.19. The zero-order valence-corrected chi connectivity index (χ0v) is 17.1. The van der Waals surface area contributed by atoms with Gasteiger partial charge in [0.2, 0.25) is 5.89 Å². The Bertz CT molecular complexity index is 1130. The Hall–Kier alpha value is -3.93. The molecule has 31 heavy (non-hydrogen) atoms. The molecule has 0 N–H and O–H groups in total. The van der Waals surface area contributed by atoms with Crippen molar-refractivity contribution in [1.82, 2.24) is 10.2 Å². The van der Waals surface area contributed by atoms with Gasteiger partial charge in [-0.05, 0) is 36.2 Å². The lowest BCUT2D eigenvalue weighted by Crippen LogP contribution is -2.17. The summed E-state index contributed by atoms with van der Waals surface area (Å²) in [6.45, 7) is 1.47. The number of aromatic nitrogens is 2. The summed E-state index contributed by atoms with van der Waals surface area (Å²) in [7, 11) is 0. The van der Waals surface area contributed by atoms with Gasteiger partial charge < -0.3 is 13.9 Å². The fourth-order valence-corrected chi connectivity index (χ4v) is 3.12. The summed E-state index contributed by atoms with van der Waals surface area (Å²) in [5, 5.41) is 8.01. The molecular formula is C25H22N2O4. The monoisotopic (exact) mass is 414 g/mol. The summed E-state index contributed by atoms with van der Waals surface area (Å²) in [5.74, 6) is 0.753. The molecule has 1 aromatic heterocycles. The van der Waals surface area contributed by atoms with Crippen LogP contribution in [0.2, 0.25) is 0 Å². The van der Waals surface area contributed by atoms with Gasteiger partial charge in [-0.3, -0.25) is 0 Å². The van der Waals surface area contributed by atoms with E-state index in [0.29, 0.717) is 18.1 Å². The van der Waals surface area contributed by atoms with Gasteiger partial charge >= 0.3 is 5.97 Å². The van der Waals surface area contributed by atoms with Gasteiger partial charge in [0.25, 0.3) is 5.89 Å². The first-order valence-corrected chi connectivity index (χ1v) is 10.0. The van der Waals surface area contributed by atoms with Crippen LogP contribution >= 0.6 is 0 Å². The maximum Gasteiger partial charge on any atom is 0.344 e. The first-order valence-electron chi connectivity index (χ1n) is 10.0. The van der Waals surface area contributed by atoms with Crippen LogP contribution in [0.3, 0.4) is 0 Å². The van der Waals surface area contributed by atoms with Gasteiger partial charge in [0.05, 0.1) is 0 Å². The molecule has 0 bridgehead atoms. The van der Waals surface area contributed by atoms with E-state index in [1.807, 2.05) is 72.8 Å². The van der Waals surface area contributed by atoms with Crippen molar-refractivity contribution in [3.8, 4) is 17.2 Å². The number of carbonyl (C=O) groups excluding carboxylic acids is 1. The number of carbonyl (C=O) groups is 1. The Labute approximate surface area is 180 Å². The van der Waals surface area contributed by atoms with Crippen LogP contribution in [0.15, 0.2) is 89.3 Å². The van der Waals surface area contributed by atoms with Gasteiger partial charge in [-0.25, -0.2) is 4.79 Å². The van der Waals surface area contributed by atoms with Gasteiger partial charge in [-0.2, -0.15) is 0 Å². The summed E-state index contributed by atoms with van der Waals surface area (Å²) >= 11 is 0. The predicted molar refractivity (Wildman–Crippen MR) is 115 cm³/mol. The van der Waals surface area contributed by atoms with Crippen LogP contribution in [0, 0.1) is 0 Å². The second-order valence-corrected chi connectivity index (χ2v) is 7.00. The molecule has 4 aromatic rings. The highest BCUT2D eigenvalue weighted by Crippen LogP contribution is 2.23. The Morgan fingerprint density at radius 2 is 1.58 bits per heavy atom. The molecule has 0 fully saturated rings. The van der Waals surface area contributed by atoms with Gasteiger partial charge in [-0.1, -0.05) is 66.7 Å². The third kappa shape index (κ3) is 5.36. The number of ether oxygens (including phenoxy) is 2. The average Bonchev–Trinajstić information content (AvgIpc) is 3.30. The lowest BCUT2D eigenvalue weighted by Gasteiger charge is -2.13. The van der Waals surface area contributed by atoms with Crippen LogP contribution < -0.4 is 4.74 Å². The number of benzene rings is 3. The summed E-state index contributed by atoms with van der Waals surface area (Å²) in [6.07, 6.45) is 0.0350. The molecule has 0 radical (unpaired) electrons. The standard InChI is InChI=1S/C25H22N2O4/c1-18(24-26-27-25(31-24)20-12-6-3-7-13-20)30-23(28)17-29-22-15-9-8-14-21(22)16-19-10-4-2-5-11-19/h2-15,18H,16-17H2,1H3/t18-/m1/s1. The van der Waals surface area contributed by atoms with Gasteiger partial charge in [0.1, 0.15) is 5.75 Å². The van der Waals surface area contributed by atoms with Crippen LogP contribution in [-0.4, -0.2) is 22.8 Å². The zero-order valence-electron chi connectivity index (χ0n) is 17.1. The summed E-state index contributed by atoms with van der Waals surface area (Å²) in [4.78, 5) is 12.3. The van der Waals surface area contributed by atoms with Crippen molar-refractivity contribution < 1.29 is 18.7 Å². The molecule has 0 spiro atoms. The fourth-order valence-electron chi connectivity index (χ4n) is 3.12. The minimum absolute atomic E-state index is 0.212. The first kappa shape index (κ1) is 20.3. The van der Waals surface area contributed by atoms with E-state index >= 15 is 0 Å². The number of rotatable bonds is 8. The number of para-hydroxylation sites is 1. The first-order chi connectivity index (χ1) is 15.2. The van der Waals surface area contributed by atoms with Crippen LogP contribution in [0.5, 0.6) is 5.75 Å². The van der Waals surface area contributed by atoms with Crippen LogP contribution in [0.4, 0.5) is 0 Å². The van der Waals surface area contributed by atoms with E-state index in [1.165, 1.54) is 5.56 Å². The van der Waals surface area contributed by atoms with Gasteiger partial charge in [0.15, 0.2) is 12.7 Å². The smallest absolute Gasteiger partial charge is 0.344 e. The molecule has 6 heteroatoms. The molecule has 1 atom stereocenters. The quantitative estimate of drug-likeness (QED) is 0.377. The Kier molecular flexibility index (Phi) is 6.38. The molecule has 3 aromatic carbocycles. The molecule has 4 rings (SSSR count). The summed E-state index contributed by atoms with van der Waals surface area (Å²) < 4.78 is 16.8. The van der Waals surface area contributed by atoms with Crippen molar-refractivity contribution >= 4 is 5.97 Å². The van der Waals surface area contributed by atoms with Crippen molar-refractivity contribution in [3.63, 3.8) is 0 Å². The SMILES string of the molecule is C[C@@H](OC(=O)COc1ccccc1Cc1ccccc1)c1nnc(-c2ccccc2)o1. The highest BCUT2D eigenvalue weighted by atomic mass is 16.6. The van der Waals surface area contributed by atoms with E-state index in [9.17, 15) is 4.79 Å². The van der Waals surface area contributed by atoms with E-state index in [4.69, 9.17) is 13.9 Å². The highest BCUT2D eigenvalue weighted by molar-refractivity contribution is 5.71. The Morgan fingerprint density at radius 3 is 2.35 bits per heavy atom. The lowest BCUT2D eigenvalue weighted by atomic mass is 10.0. The third-order valence-electron chi connectivity index (χ3n) is 4.67. The topological polar surface area (TPSA) is 74.5 Å². The lowest BCUT2D eigenvalue weighted by molar-refractivity contribution is -0.152. The fraction of sp³-hybridized carbons (Fsp3) is 0.160. The number of esters is 1. The Morgan fingerprint density at radius 1 is 0.903 bits per heavy atom. The van der Waals surface area contributed by atoms with Crippen molar-refractivity contribution in [2.24, 2.45) is 0 Å². The van der Waals surface area contributed by atoms with Crippen LogP contribution in [-0.2, 0) is 16.0 Å². The molecule has 0 unspecified atom stereocenters. The van der Waals surface area contributed by atoms with E-state index in [1.54, 1.807) is 6.92 Å². The van der Waals surface area contributed by atoms with Crippen molar-refractivity contribution in [2.75, 3.05) is 6.61 Å². The maximum absolute atomic E-state index is 12.3. The van der Waals surface area contributed by atoms with E-state index in [-0.39, 0.29) is 12.5 Å². The molecular weight excluding hydrogens is 392 g/mol. The van der Waals surface area contributed by atoms with E-state index in [2.05, 4.69) is 22.3 Å². The average molecular weight is 414 g/mol. The summed E-state index contributed by atoms with van der Waals surface area (Å²) in [6, 6.07) is 27.2. The van der Waals surface area contributed by atoms with Gasteiger partial charge in [-0.15, -0.1) is 10.2 Å². The molecule has 0 aliphatic heterocycles. The van der Waals surface area contributed by atoms with Crippen molar-refractivity contribution in [3.05, 3.63) is 102 Å². The number of hydrogen-bond acceptors (Lipinski definition) is 6. The van der Waals surface area contributed by atoms with Gasteiger partial charge in [0, 0.05) is 12.0 Å². The van der Waals surface area contributed by atoms with E-state index in [0.717, 1.165) is 11.1 Å². The second-order valence-electron chi connectivity index (χ2n) is 7.00. The minimum Gasteiger partial charge on any atom is -0.482 e. The number of hydrogen-bond donors (Lipinski definition) is 0. The molecule has 0 aliphatic rings. The molecule has 0 saturated heterocycles. The molecule has 0 amide bonds. The normalized spacial score (nSPS) is 11.6. The van der Waals surface area contributed by atoms with Crippen molar-refractivity contribution in [1.29, 1.82) is 0 Å². The third-order valence-corrected chi connectivity index (χ3v) is 4.67. The molecule has 1 heterocycles. The zero-order chi connectivity index (χ0) is 21.5. The van der Waals surface area contributed by atoms with E-state index < -0.39 is 12.1 Å². The van der Waals surface area contributed by atoms with Crippen LogP contribution in [0.25, 0.3) is 11.5 Å². The number of nitrogens with zero attached hydrogens (tertiary/aromatic N) is 2. The molecule has 0 aliphatic carbocycles. The largest absolute Gasteiger partial charge is 0.482 e. The summed E-state index contributed by atoms with van der Waals surface area (Å²) in [5.41, 5.74) is 2.97. The maximum atomic E-state index is 12.3. The molecule has 0 saturated carbocycles. The molecule has 156 valence electrons. The van der Waals surface area contributed by atoms with Crippen molar-refractivity contribution in [2.45, 2.75) is 19.4 Å².